The molecule has 28 heavy (non-hydrogen) atoms. The first kappa shape index (κ1) is 19.2. The van der Waals surface area contributed by atoms with Crippen molar-refractivity contribution in [1.82, 2.24) is 4.98 Å². The van der Waals surface area contributed by atoms with Gasteiger partial charge in [0.05, 0.1) is 27.0 Å². The molecule has 0 aliphatic rings. The lowest BCUT2D eigenvalue weighted by molar-refractivity contribution is -0.116. The highest BCUT2D eigenvalue weighted by molar-refractivity contribution is 5.98. The Morgan fingerprint density at radius 3 is 2.25 bits per heavy atom. The second kappa shape index (κ2) is 8.90. The maximum Gasteiger partial charge on any atom is 0.237 e. The van der Waals surface area contributed by atoms with Gasteiger partial charge in [0, 0.05) is 18.0 Å². The van der Waals surface area contributed by atoms with E-state index < -0.39 is 5.92 Å². The van der Waals surface area contributed by atoms with E-state index in [-0.39, 0.29) is 5.91 Å². The average Bonchev–Trinajstić information content (AvgIpc) is 2.75. The highest BCUT2D eigenvalue weighted by Crippen LogP contribution is 2.31. The van der Waals surface area contributed by atoms with Crippen molar-refractivity contribution in [3.8, 4) is 17.2 Å². The molecule has 2 aromatic carbocycles. The molecule has 0 saturated carbocycles. The molecule has 6 nitrogen and oxygen atoms in total. The van der Waals surface area contributed by atoms with E-state index in [1.807, 2.05) is 42.5 Å². The maximum absolute atomic E-state index is 13.2. The lowest BCUT2D eigenvalue weighted by atomic mass is 9.94. The SMILES string of the molecule is COc1ccc(C(C(=O)Nc2ccc(OC)c(OC)c2)c2ccccn2)cc1. The van der Waals surface area contributed by atoms with E-state index in [9.17, 15) is 4.79 Å². The van der Waals surface area contributed by atoms with Gasteiger partial charge in [-0.1, -0.05) is 18.2 Å². The van der Waals surface area contributed by atoms with Crippen LogP contribution in [0.5, 0.6) is 17.2 Å². The minimum Gasteiger partial charge on any atom is -0.497 e. The molecule has 6 heteroatoms. The second-order valence-electron chi connectivity index (χ2n) is 6.02. The smallest absolute Gasteiger partial charge is 0.237 e. The topological polar surface area (TPSA) is 69.7 Å². The standard InChI is InChI=1S/C22H22N2O4/c1-26-17-10-7-15(8-11-17)21(18-6-4-5-13-23-18)22(25)24-16-9-12-19(27-2)20(14-16)28-3/h4-14,21H,1-3H3,(H,24,25). The molecule has 1 amide bonds. The van der Waals surface area contributed by atoms with Gasteiger partial charge in [-0.05, 0) is 42.0 Å². The van der Waals surface area contributed by atoms with Crippen LogP contribution in [0.15, 0.2) is 66.9 Å². The van der Waals surface area contributed by atoms with E-state index in [2.05, 4.69) is 10.3 Å². The van der Waals surface area contributed by atoms with E-state index in [1.165, 1.54) is 0 Å². The van der Waals surface area contributed by atoms with Gasteiger partial charge in [-0.3, -0.25) is 9.78 Å². The summed E-state index contributed by atoms with van der Waals surface area (Å²) in [4.78, 5) is 17.6. The van der Waals surface area contributed by atoms with E-state index >= 15 is 0 Å². The summed E-state index contributed by atoms with van der Waals surface area (Å²) in [5.74, 6) is 1.09. The predicted octanol–water partition coefficient (Wildman–Crippen LogP) is 3.88. The second-order valence-corrected chi connectivity index (χ2v) is 6.02. The van der Waals surface area contributed by atoms with Crippen LogP contribution in [0.1, 0.15) is 17.2 Å². The molecule has 3 aromatic rings. The molecule has 144 valence electrons. The highest BCUT2D eigenvalue weighted by atomic mass is 16.5. The fourth-order valence-corrected chi connectivity index (χ4v) is 2.93. The quantitative estimate of drug-likeness (QED) is 0.676. The Labute approximate surface area is 164 Å². The van der Waals surface area contributed by atoms with Gasteiger partial charge in [0.15, 0.2) is 11.5 Å². The number of benzene rings is 2. The Kier molecular flexibility index (Phi) is 6.11. The largest absolute Gasteiger partial charge is 0.497 e. The molecule has 0 bridgehead atoms. The van der Waals surface area contributed by atoms with Gasteiger partial charge in [0.2, 0.25) is 5.91 Å². The summed E-state index contributed by atoms with van der Waals surface area (Å²) in [7, 11) is 4.73. The number of carbonyl (C=O) groups excluding carboxylic acids is 1. The first-order valence-corrected chi connectivity index (χ1v) is 8.74. The molecule has 1 heterocycles. The van der Waals surface area contributed by atoms with Crippen molar-refractivity contribution in [2.75, 3.05) is 26.6 Å². The molecule has 0 aliphatic heterocycles. The fraction of sp³-hybridized carbons (Fsp3) is 0.182. The Balaban J connectivity index is 1.92. The van der Waals surface area contributed by atoms with E-state index in [0.717, 1.165) is 11.3 Å². The number of aromatic nitrogens is 1. The van der Waals surface area contributed by atoms with Gasteiger partial charge in [0.25, 0.3) is 0 Å². The summed E-state index contributed by atoms with van der Waals surface area (Å²) in [6.07, 6.45) is 1.68. The van der Waals surface area contributed by atoms with Gasteiger partial charge >= 0.3 is 0 Å². The Morgan fingerprint density at radius 1 is 0.893 bits per heavy atom. The molecular weight excluding hydrogens is 356 g/mol. The number of nitrogens with zero attached hydrogens (tertiary/aromatic N) is 1. The van der Waals surface area contributed by atoms with Crippen molar-refractivity contribution >= 4 is 11.6 Å². The van der Waals surface area contributed by atoms with E-state index in [1.54, 1.807) is 45.7 Å². The average molecular weight is 378 g/mol. The Bertz CT molecular complexity index is 927. The summed E-state index contributed by atoms with van der Waals surface area (Å²) in [5, 5.41) is 2.95. The van der Waals surface area contributed by atoms with Crippen molar-refractivity contribution in [2.24, 2.45) is 0 Å². The first-order valence-electron chi connectivity index (χ1n) is 8.74. The Morgan fingerprint density at radius 2 is 1.64 bits per heavy atom. The fourth-order valence-electron chi connectivity index (χ4n) is 2.93. The van der Waals surface area contributed by atoms with Crippen molar-refractivity contribution in [1.29, 1.82) is 0 Å². The number of hydrogen-bond donors (Lipinski definition) is 1. The van der Waals surface area contributed by atoms with Crippen LogP contribution in [0.3, 0.4) is 0 Å². The Hall–Kier alpha value is -3.54. The van der Waals surface area contributed by atoms with Crippen LogP contribution in [0.4, 0.5) is 5.69 Å². The van der Waals surface area contributed by atoms with Gasteiger partial charge in [0.1, 0.15) is 11.7 Å². The highest BCUT2D eigenvalue weighted by Gasteiger charge is 2.24. The molecule has 0 spiro atoms. The minimum absolute atomic E-state index is 0.198. The number of pyridine rings is 1. The van der Waals surface area contributed by atoms with Gasteiger partial charge in [-0.25, -0.2) is 0 Å². The zero-order valence-electron chi connectivity index (χ0n) is 16.0. The lowest BCUT2D eigenvalue weighted by Gasteiger charge is -2.18. The third kappa shape index (κ3) is 4.23. The molecule has 1 aromatic heterocycles. The summed E-state index contributed by atoms with van der Waals surface area (Å²) in [5.41, 5.74) is 2.08. The molecule has 0 fully saturated rings. The number of anilines is 1. The number of hydrogen-bond acceptors (Lipinski definition) is 5. The predicted molar refractivity (Wildman–Crippen MR) is 107 cm³/mol. The first-order chi connectivity index (χ1) is 13.7. The van der Waals surface area contributed by atoms with Crippen molar-refractivity contribution in [2.45, 2.75) is 5.92 Å². The van der Waals surface area contributed by atoms with Crippen LogP contribution in [0.2, 0.25) is 0 Å². The lowest BCUT2D eigenvalue weighted by Crippen LogP contribution is -2.23. The van der Waals surface area contributed by atoms with Crippen LogP contribution in [0.25, 0.3) is 0 Å². The summed E-state index contributed by atoms with van der Waals surface area (Å²) < 4.78 is 15.8. The number of nitrogens with one attached hydrogen (secondary N) is 1. The van der Waals surface area contributed by atoms with E-state index in [0.29, 0.717) is 22.9 Å². The zero-order valence-corrected chi connectivity index (χ0v) is 16.0. The van der Waals surface area contributed by atoms with Gasteiger partial charge in [-0.15, -0.1) is 0 Å². The van der Waals surface area contributed by atoms with Crippen molar-refractivity contribution in [3.05, 3.63) is 78.1 Å². The maximum atomic E-state index is 13.2. The number of ether oxygens (including phenoxy) is 3. The number of rotatable bonds is 7. The van der Waals surface area contributed by atoms with Crippen LogP contribution in [-0.2, 0) is 4.79 Å². The van der Waals surface area contributed by atoms with Crippen molar-refractivity contribution in [3.63, 3.8) is 0 Å². The van der Waals surface area contributed by atoms with Crippen molar-refractivity contribution < 1.29 is 19.0 Å². The zero-order chi connectivity index (χ0) is 19.9. The molecule has 0 radical (unpaired) electrons. The van der Waals surface area contributed by atoms with Crippen LogP contribution < -0.4 is 19.5 Å². The minimum atomic E-state index is -0.569. The van der Waals surface area contributed by atoms with Crippen LogP contribution >= 0.6 is 0 Å². The molecule has 0 saturated heterocycles. The summed E-state index contributed by atoms with van der Waals surface area (Å²) in [6.45, 7) is 0. The molecule has 1 N–H and O–H groups in total. The normalized spacial score (nSPS) is 11.4. The molecule has 3 rings (SSSR count). The molecule has 1 unspecified atom stereocenters. The monoisotopic (exact) mass is 378 g/mol. The van der Waals surface area contributed by atoms with Gasteiger partial charge < -0.3 is 19.5 Å². The number of methoxy groups -OCH3 is 3. The summed E-state index contributed by atoms with van der Waals surface area (Å²) >= 11 is 0. The van der Waals surface area contributed by atoms with E-state index in [4.69, 9.17) is 14.2 Å². The molecule has 0 aliphatic carbocycles. The molecule has 1 atom stereocenters. The third-order valence-electron chi connectivity index (χ3n) is 4.35. The van der Waals surface area contributed by atoms with Gasteiger partial charge in [-0.2, -0.15) is 0 Å². The van der Waals surface area contributed by atoms with Crippen LogP contribution in [0, 0.1) is 0 Å². The summed E-state index contributed by atoms with van der Waals surface area (Å²) in [6, 6.07) is 18.1. The molecular formula is C22H22N2O4. The number of amides is 1. The van der Waals surface area contributed by atoms with Crippen LogP contribution in [-0.4, -0.2) is 32.2 Å². The number of carbonyl (C=O) groups is 1. The third-order valence-corrected chi connectivity index (χ3v) is 4.35.